The van der Waals surface area contributed by atoms with Crippen molar-refractivity contribution >= 4 is 9.84 Å². The largest absolute Gasteiger partial charge is 0.491 e. The monoisotopic (exact) mass is 431 g/mol. The average molecular weight is 431 g/mol. The summed E-state index contributed by atoms with van der Waals surface area (Å²) in [4.78, 5) is 0. The number of benzene rings is 1. The van der Waals surface area contributed by atoms with Crippen LogP contribution in [-0.2, 0) is 9.84 Å². The number of alkyl halides is 2. The Morgan fingerprint density at radius 2 is 2.03 bits per heavy atom. The van der Waals surface area contributed by atoms with Crippen LogP contribution in [0.3, 0.4) is 0 Å². The van der Waals surface area contributed by atoms with Gasteiger partial charge in [0.1, 0.15) is 21.3 Å². The van der Waals surface area contributed by atoms with Crippen molar-refractivity contribution < 1.29 is 30.8 Å². The van der Waals surface area contributed by atoms with Gasteiger partial charge < -0.3 is 9.26 Å². The molecule has 1 heterocycles. The third-order valence-electron chi connectivity index (χ3n) is 5.23. The molecule has 1 aromatic heterocycles. The van der Waals surface area contributed by atoms with E-state index in [1.54, 1.807) is 19.1 Å². The average Bonchev–Trinajstić information content (AvgIpc) is 3.04. The van der Waals surface area contributed by atoms with Gasteiger partial charge in [0.05, 0.1) is 12.4 Å². The first-order valence-electron chi connectivity index (χ1n) is 9.44. The van der Waals surface area contributed by atoms with E-state index in [0.29, 0.717) is 17.0 Å². The Kier molecular flexibility index (Phi) is 6.26. The molecule has 0 saturated heterocycles. The zero-order valence-electron chi connectivity index (χ0n) is 16.3. The molecule has 2 atom stereocenters. The highest BCUT2D eigenvalue weighted by atomic mass is 32.2. The van der Waals surface area contributed by atoms with E-state index < -0.39 is 27.5 Å². The van der Waals surface area contributed by atoms with Gasteiger partial charge in [0.15, 0.2) is 11.6 Å². The lowest BCUT2D eigenvalue weighted by Crippen LogP contribution is -2.36. The smallest absolute Gasteiger partial charge is 0.248 e. The van der Waals surface area contributed by atoms with Crippen LogP contribution in [0, 0.1) is 24.6 Å². The van der Waals surface area contributed by atoms with Crippen molar-refractivity contribution in [3.63, 3.8) is 0 Å². The van der Waals surface area contributed by atoms with Crippen LogP contribution in [0.5, 0.6) is 5.75 Å². The number of halogens is 3. The van der Waals surface area contributed by atoms with Crippen LogP contribution in [0.15, 0.2) is 28.8 Å². The predicted molar refractivity (Wildman–Crippen MR) is 102 cm³/mol. The Hall–Kier alpha value is -2.03. The van der Waals surface area contributed by atoms with Crippen LogP contribution in [-0.4, -0.2) is 38.1 Å². The fourth-order valence-electron chi connectivity index (χ4n) is 3.83. The number of sulfone groups is 1. The van der Waals surface area contributed by atoms with Crippen molar-refractivity contribution in [2.45, 2.75) is 38.5 Å². The van der Waals surface area contributed by atoms with Crippen LogP contribution in [0.25, 0.3) is 11.3 Å². The summed E-state index contributed by atoms with van der Waals surface area (Å²) in [5.74, 6) is -3.73. The van der Waals surface area contributed by atoms with Crippen molar-refractivity contribution in [3.05, 3.63) is 35.8 Å². The van der Waals surface area contributed by atoms with Crippen LogP contribution >= 0.6 is 0 Å². The van der Waals surface area contributed by atoms with Gasteiger partial charge in [0.2, 0.25) is 5.92 Å². The standard InChI is InChI=1S/C20H24F3NO4S/c1-13-9-18(24-28-13)14-3-4-19(17(21)10-14)27-8-6-15-11-20(22,23)7-5-16(15)12-29(2,25)26/h3-4,9-10,15-16H,5-8,11-12H2,1-2H3. The van der Waals surface area contributed by atoms with E-state index in [4.69, 9.17) is 9.26 Å². The zero-order valence-corrected chi connectivity index (χ0v) is 17.1. The number of aryl methyl sites for hydroxylation is 1. The number of nitrogens with zero attached hydrogens (tertiary/aromatic N) is 1. The molecular formula is C20H24F3NO4S. The van der Waals surface area contributed by atoms with E-state index in [0.717, 1.165) is 6.26 Å². The van der Waals surface area contributed by atoms with Gasteiger partial charge in [-0.3, -0.25) is 0 Å². The molecule has 5 nitrogen and oxygen atoms in total. The van der Waals surface area contributed by atoms with Gasteiger partial charge in [-0.25, -0.2) is 21.6 Å². The number of hydrogen-bond acceptors (Lipinski definition) is 5. The molecule has 2 unspecified atom stereocenters. The highest BCUT2D eigenvalue weighted by Gasteiger charge is 2.42. The van der Waals surface area contributed by atoms with Gasteiger partial charge in [0, 0.05) is 30.7 Å². The summed E-state index contributed by atoms with van der Waals surface area (Å²) in [6.45, 7) is 1.76. The van der Waals surface area contributed by atoms with Crippen LogP contribution in [0.1, 0.15) is 31.4 Å². The summed E-state index contributed by atoms with van der Waals surface area (Å²) in [5, 5.41) is 3.83. The fourth-order valence-corrected chi connectivity index (χ4v) is 5.05. The third kappa shape index (κ3) is 5.98. The summed E-state index contributed by atoms with van der Waals surface area (Å²) in [7, 11) is -3.27. The van der Waals surface area contributed by atoms with Crippen LogP contribution in [0.4, 0.5) is 13.2 Å². The summed E-state index contributed by atoms with van der Waals surface area (Å²) >= 11 is 0. The molecule has 29 heavy (non-hydrogen) atoms. The normalized spacial score (nSPS) is 21.8. The van der Waals surface area contributed by atoms with Gasteiger partial charge in [-0.1, -0.05) is 5.16 Å². The minimum atomic E-state index is -3.27. The molecule has 0 spiro atoms. The zero-order chi connectivity index (χ0) is 21.2. The second-order valence-corrected chi connectivity index (χ2v) is 10.0. The molecule has 1 saturated carbocycles. The fraction of sp³-hybridized carbons (Fsp3) is 0.550. The maximum atomic E-state index is 14.3. The highest BCUT2D eigenvalue weighted by Crippen LogP contribution is 2.42. The minimum absolute atomic E-state index is 0.0104. The molecule has 0 amide bonds. The maximum Gasteiger partial charge on any atom is 0.248 e. The Morgan fingerprint density at radius 3 is 2.66 bits per heavy atom. The maximum absolute atomic E-state index is 14.3. The van der Waals surface area contributed by atoms with Gasteiger partial charge in [0.25, 0.3) is 0 Å². The van der Waals surface area contributed by atoms with E-state index in [2.05, 4.69) is 5.16 Å². The van der Waals surface area contributed by atoms with Gasteiger partial charge in [-0.05, 0) is 49.8 Å². The number of aromatic nitrogens is 1. The summed E-state index contributed by atoms with van der Waals surface area (Å²) in [6.07, 6.45) is 0.830. The van der Waals surface area contributed by atoms with E-state index in [-0.39, 0.29) is 49.7 Å². The Labute approximate surface area is 168 Å². The molecule has 2 aromatic rings. The molecule has 1 aliphatic rings. The molecule has 9 heteroatoms. The van der Waals surface area contributed by atoms with Crippen LogP contribution in [0.2, 0.25) is 0 Å². The minimum Gasteiger partial charge on any atom is -0.491 e. The quantitative estimate of drug-likeness (QED) is 0.638. The van der Waals surface area contributed by atoms with Crippen molar-refractivity contribution in [1.82, 2.24) is 5.16 Å². The first-order valence-corrected chi connectivity index (χ1v) is 11.5. The molecular weight excluding hydrogens is 407 g/mol. The molecule has 0 bridgehead atoms. The molecule has 0 aliphatic heterocycles. The van der Waals surface area contributed by atoms with Crippen LogP contribution < -0.4 is 4.74 Å². The molecule has 160 valence electrons. The third-order valence-corrected chi connectivity index (χ3v) is 6.26. The molecule has 0 N–H and O–H groups in total. The second kappa shape index (κ2) is 8.38. The van der Waals surface area contributed by atoms with Crippen molar-refractivity contribution in [2.24, 2.45) is 11.8 Å². The van der Waals surface area contributed by atoms with Crippen molar-refractivity contribution in [1.29, 1.82) is 0 Å². The molecule has 0 radical (unpaired) electrons. The first-order chi connectivity index (χ1) is 13.5. The number of hydrogen-bond donors (Lipinski definition) is 0. The molecule has 1 aliphatic carbocycles. The van der Waals surface area contributed by atoms with Crippen molar-refractivity contribution in [2.75, 3.05) is 18.6 Å². The summed E-state index contributed by atoms with van der Waals surface area (Å²) in [6, 6.07) is 6.05. The Morgan fingerprint density at radius 1 is 1.28 bits per heavy atom. The number of ether oxygens (including phenoxy) is 1. The summed E-state index contributed by atoms with van der Waals surface area (Å²) < 4.78 is 75.7. The van der Waals surface area contributed by atoms with E-state index in [1.165, 1.54) is 12.1 Å². The van der Waals surface area contributed by atoms with Gasteiger partial charge >= 0.3 is 0 Å². The number of rotatable bonds is 7. The second-order valence-electron chi connectivity index (χ2n) is 7.82. The lowest BCUT2D eigenvalue weighted by Gasteiger charge is -2.35. The van der Waals surface area contributed by atoms with Crippen molar-refractivity contribution in [3.8, 4) is 17.0 Å². The van der Waals surface area contributed by atoms with E-state index in [1.807, 2.05) is 0 Å². The summed E-state index contributed by atoms with van der Waals surface area (Å²) in [5.41, 5.74) is 1.04. The molecule has 1 aromatic carbocycles. The lowest BCUT2D eigenvalue weighted by molar-refractivity contribution is -0.0693. The van der Waals surface area contributed by atoms with Gasteiger partial charge in [-0.15, -0.1) is 0 Å². The van der Waals surface area contributed by atoms with Gasteiger partial charge in [-0.2, -0.15) is 0 Å². The first kappa shape index (κ1) is 21.7. The highest BCUT2D eigenvalue weighted by molar-refractivity contribution is 7.90. The predicted octanol–water partition coefficient (Wildman–Crippen LogP) is 4.65. The Balaban J connectivity index is 1.62. The SMILES string of the molecule is Cc1cc(-c2ccc(OCCC3CC(F)(F)CCC3CS(C)(=O)=O)c(F)c2)no1. The van der Waals surface area contributed by atoms with E-state index in [9.17, 15) is 21.6 Å². The molecule has 3 rings (SSSR count). The Bertz CT molecular complexity index is 958. The topological polar surface area (TPSA) is 69.4 Å². The van der Waals surface area contributed by atoms with E-state index >= 15 is 0 Å². The lowest BCUT2D eigenvalue weighted by atomic mass is 9.77. The molecule has 1 fully saturated rings.